The average Bonchev–Trinajstić information content (AvgIpc) is 3.07. The number of benzene rings is 4. The summed E-state index contributed by atoms with van der Waals surface area (Å²) in [6.45, 7) is 11.0. The van der Waals surface area contributed by atoms with E-state index in [1.165, 1.54) is 0 Å². The van der Waals surface area contributed by atoms with Crippen LogP contribution in [0.15, 0.2) is 106 Å². The maximum Gasteiger partial charge on any atom is 0.258 e. The minimum atomic E-state index is -0.160. The number of carbonyl (C=O) groups excluding carboxylic acids is 2. The number of hydrogen-bond donors (Lipinski definition) is 0. The van der Waals surface area contributed by atoms with Crippen molar-refractivity contribution < 1.29 is 19.1 Å². The standard InChI is InChI=1S/C40H46Br2N2O4/c1-29(2)19-23-47-37-17-15-33(41)25-35(37)39(45)43(27-31-11-7-5-8-12-31)21-22-44(28-32-13-9-6-10-14-32)40(46)36-26-34(42)16-18-38(36)48-24-20-30(3)4/h5-18,25-26,29-30H,19-24,27-28H2,1-4H3. The highest BCUT2D eigenvalue weighted by atomic mass is 79.9. The van der Waals surface area contributed by atoms with Crippen molar-refractivity contribution in [2.75, 3.05) is 26.3 Å². The maximum atomic E-state index is 14.4. The van der Waals surface area contributed by atoms with Crippen LogP contribution in [0.3, 0.4) is 0 Å². The van der Waals surface area contributed by atoms with Gasteiger partial charge in [0.05, 0.1) is 24.3 Å². The van der Waals surface area contributed by atoms with Crippen molar-refractivity contribution in [2.45, 2.75) is 53.6 Å². The van der Waals surface area contributed by atoms with Crippen LogP contribution in [-0.4, -0.2) is 47.9 Å². The van der Waals surface area contributed by atoms with E-state index < -0.39 is 0 Å². The van der Waals surface area contributed by atoms with Gasteiger partial charge in [0, 0.05) is 35.1 Å². The summed E-state index contributed by atoms with van der Waals surface area (Å²) in [6.07, 6.45) is 1.76. The maximum absolute atomic E-state index is 14.4. The molecule has 0 unspecified atom stereocenters. The van der Waals surface area contributed by atoms with Gasteiger partial charge < -0.3 is 19.3 Å². The molecule has 0 saturated carbocycles. The van der Waals surface area contributed by atoms with Crippen LogP contribution >= 0.6 is 31.9 Å². The van der Waals surface area contributed by atoms with E-state index in [9.17, 15) is 9.59 Å². The Morgan fingerprint density at radius 1 is 0.583 bits per heavy atom. The van der Waals surface area contributed by atoms with Gasteiger partial charge >= 0.3 is 0 Å². The van der Waals surface area contributed by atoms with Crippen molar-refractivity contribution in [2.24, 2.45) is 11.8 Å². The molecular weight excluding hydrogens is 732 g/mol. The van der Waals surface area contributed by atoms with Crippen LogP contribution in [0.5, 0.6) is 11.5 Å². The molecule has 48 heavy (non-hydrogen) atoms. The molecule has 0 aliphatic rings. The summed E-state index contributed by atoms with van der Waals surface area (Å²) < 4.78 is 13.9. The van der Waals surface area contributed by atoms with Crippen molar-refractivity contribution in [3.8, 4) is 11.5 Å². The van der Waals surface area contributed by atoms with Crippen molar-refractivity contribution in [3.05, 3.63) is 128 Å². The first kappa shape index (κ1) is 37.2. The Hall–Kier alpha value is -3.62. The Morgan fingerprint density at radius 2 is 0.958 bits per heavy atom. The molecule has 4 aromatic rings. The molecule has 0 bridgehead atoms. The van der Waals surface area contributed by atoms with Crippen LogP contribution in [0.1, 0.15) is 72.4 Å². The summed E-state index contributed by atoms with van der Waals surface area (Å²) in [6, 6.07) is 31.0. The highest BCUT2D eigenvalue weighted by Gasteiger charge is 2.25. The molecule has 6 nitrogen and oxygen atoms in total. The van der Waals surface area contributed by atoms with Crippen LogP contribution in [0.4, 0.5) is 0 Å². The number of ether oxygens (including phenoxy) is 2. The van der Waals surface area contributed by atoms with Crippen LogP contribution < -0.4 is 9.47 Å². The van der Waals surface area contributed by atoms with Gasteiger partial charge in [0.15, 0.2) is 0 Å². The molecule has 0 spiro atoms. The van der Waals surface area contributed by atoms with Crippen molar-refractivity contribution in [1.82, 2.24) is 9.80 Å². The smallest absolute Gasteiger partial charge is 0.258 e. The first-order valence-electron chi connectivity index (χ1n) is 16.6. The second-order valence-corrected chi connectivity index (χ2v) is 14.6. The third kappa shape index (κ3) is 11.5. The second-order valence-electron chi connectivity index (χ2n) is 12.8. The van der Waals surface area contributed by atoms with E-state index in [0.717, 1.165) is 32.9 Å². The molecule has 4 rings (SSSR count). The van der Waals surface area contributed by atoms with Crippen molar-refractivity contribution in [1.29, 1.82) is 0 Å². The average molecular weight is 779 g/mol. The van der Waals surface area contributed by atoms with E-state index in [-0.39, 0.29) is 11.8 Å². The lowest BCUT2D eigenvalue weighted by atomic mass is 10.1. The molecule has 0 atom stereocenters. The largest absolute Gasteiger partial charge is 0.493 e. The number of amides is 2. The quantitative estimate of drug-likeness (QED) is 0.107. The molecule has 0 aliphatic carbocycles. The Balaban J connectivity index is 1.66. The lowest BCUT2D eigenvalue weighted by Crippen LogP contribution is -2.41. The van der Waals surface area contributed by atoms with E-state index >= 15 is 0 Å². The Labute approximate surface area is 302 Å². The summed E-state index contributed by atoms with van der Waals surface area (Å²) in [5.41, 5.74) is 2.96. The summed E-state index contributed by atoms with van der Waals surface area (Å²) in [7, 11) is 0. The van der Waals surface area contributed by atoms with E-state index in [2.05, 4.69) is 59.6 Å². The van der Waals surface area contributed by atoms with Gasteiger partial charge in [-0.1, -0.05) is 120 Å². The summed E-state index contributed by atoms with van der Waals surface area (Å²) in [4.78, 5) is 32.4. The fourth-order valence-electron chi connectivity index (χ4n) is 5.09. The van der Waals surface area contributed by atoms with Crippen molar-refractivity contribution in [3.63, 3.8) is 0 Å². The van der Waals surface area contributed by atoms with Gasteiger partial charge in [-0.2, -0.15) is 0 Å². The molecule has 2 amide bonds. The van der Waals surface area contributed by atoms with E-state index in [1.807, 2.05) is 97.1 Å². The topological polar surface area (TPSA) is 59.1 Å². The lowest BCUT2D eigenvalue weighted by Gasteiger charge is -2.29. The van der Waals surface area contributed by atoms with Crippen LogP contribution in [-0.2, 0) is 13.1 Å². The minimum absolute atomic E-state index is 0.160. The van der Waals surface area contributed by atoms with E-state index in [1.54, 1.807) is 9.80 Å². The predicted molar refractivity (Wildman–Crippen MR) is 201 cm³/mol. The molecule has 0 saturated heterocycles. The van der Waals surface area contributed by atoms with Gasteiger partial charge in [0.1, 0.15) is 11.5 Å². The molecule has 4 aromatic carbocycles. The van der Waals surface area contributed by atoms with E-state index in [4.69, 9.17) is 9.47 Å². The molecule has 0 radical (unpaired) electrons. The minimum Gasteiger partial charge on any atom is -0.493 e. The van der Waals surface area contributed by atoms with Crippen LogP contribution in [0.2, 0.25) is 0 Å². The van der Waals surface area contributed by atoms with Crippen LogP contribution in [0, 0.1) is 11.8 Å². The molecule has 0 aromatic heterocycles. The highest BCUT2D eigenvalue weighted by Crippen LogP contribution is 2.28. The number of nitrogens with zero attached hydrogens (tertiary/aromatic N) is 2. The van der Waals surface area contributed by atoms with Gasteiger partial charge in [0.25, 0.3) is 11.8 Å². The SMILES string of the molecule is CC(C)CCOc1ccc(Br)cc1C(=O)N(CCN(Cc1ccccc1)C(=O)c1cc(Br)ccc1OCCC(C)C)Cc1ccccc1. The molecule has 0 fully saturated rings. The van der Waals surface area contributed by atoms with Gasteiger partial charge in [0.2, 0.25) is 0 Å². The Morgan fingerprint density at radius 3 is 1.31 bits per heavy atom. The third-order valence-electron chi connectivity index (χ3n) is 7.90. The van der Waals surface area contributed by atoms with E-state index in [0.29, 0.717) is 73.9 Å². The summed E-state index contributed by atoms with van der Waals surface area (Å²) in [5.74, 6) is 1.74. The third-order valence-corrected chi connectivity index (χ3v) is 8.88. The second kappa shape index (κ2) is 18.8. The molecule has 0 heterocycles. The van der Waals surface area contributed by atoms with Crippen molar-refractivity contribution >= 4 is 43.7 Å². The predicted octanol–water partition coefficient (Wildman–Crippen LogP) is 10.0. The fraction of sp³-hybridized carbons (Fsp3) is 0.350. The van der Waals surface area contributed by atoms with Gasteiger partial charge in [-0.15, -0.1) is 0 Å². The van der Waals surface area contributed by atoms with Gasteiger partial charge in [-0.05, 0) is 72.2 Å². The summed E-state index contributed by atoms with van der Waals surface area (Å²) >= 11 is 7.12. The number of carbonyl (C=O) groups is 2. The first-order valence-corrected chi connectivity index (χ1v) is 18.2. The number of rotatable bonds is 17. The summed E-state index contributed by atoms with van der Waals surface area (Å²) in [5, 5.41) is 0. The monoisotopic (exact) mass is 776 g/mol. The lowest BCUT2D eigenvalue weighted by molar-refractivity contribution is 0.0639. The highest BCUT2D eigenvalue weighted by molar-refractivity contribution is 9.10. The van der Waals surface area contributed by atoms with Gasteiger partial charge in [-0.25, -0.2) is 0 Å². The zero-order valence-corrected chi connectivity index (χ0v) is 31.5. The van der Waals surface area contributed by atoms with Crippen LogP contribution in [0.25, 0.3) is 0 Å². The zero-order valence-electron chi connectivity index (χ0n) is 28.3. The normalized spacial score (nSPS) is 11.1. The molecule has 8 heteroatoms. The molecule has 0 aliphatic heterocycles. The molecule has 254 valence electrons. The first-order chi connectivity index (χ1) is 23.1. The Bertz CT molecular complexity index is 1490. The number of halogens is 2. The fourth-order valence-corrected chi connectivity index (χ4v) is 5.82. The molecule has 0 N–H and O–H groups in total. The van der Waals surface area contributed by atoms with Gasteiger partial charge in [-0.3, -0.25) is 9.59 Å². The molecular formula is C40H46Br2N2O4. The number of hydrogen-bond acceptors (Lipinski definition) is 4. The Kier molecular flexibility index (Phi) is 14.6. The zero-order chi connectivity index (χ0) is 34.5.